The number of carbonyl (C=O) groups excluding carboxylic acids is 3. The minimum absolute atomic E-state index is 0.202. The van der Waals surface area contributed by atoms with Gasteiger partial charge in [0, 0.05) is 25.4 Å². The number of nitrogens with zero attached hydrogens (tertiary/aromatic N) is 2. The molecule has 3 rings (SSSR count). The molecule has 1 aromatic heterocycles. The standard InChI is InChI=1S/C27H37N5O3S/c1-5-24(33)30-21(13-25-31-20-11-10-19(16(2)3)12-23(20)36-25)27(35)32-22(18-8-6-7-9-18)15-29-26(34)17(4)14-28/h10-12,16-18,21-22H,5-9,13,15H2,1-4H3,(H,29,34)(H,30,33)(H,32,35)/t17?,21-,22+/m0/s1. The van der Waals surface area contributed by atoms with E-state index in [4.69, 9.17) is 10.2 Å². The molecule has 0 saturated heterocycles. The van der Waals surface area contributed by atoms with Crippen molar-refractivity contribution in [1.29, 1.82) is 5.26 Å². The summed E-state index contributed by atoms with van der Waals surface area (Å²) in [5, 5.41) is 18.6. The average molecular weight is 512 g/mol. The van der Waals surface area contributed by atoms with Gasteiger partial charge in [0.25, 0.3) is 0 Å². The number of thiazole rings is 1. The lowest BCUT2D eigenvalue weighted by Crippen LogP contribution is -2.55. The van der Waals surface area contributed by atoms with Crippen LogP contribution in [-0.2, 0) is 20.8 Å². The van der Waals surface area contributed by atoms with Crippen LogP contribution in [0.5, 0.6) is 0 Å². The number of nitriles is 1. The van der Waals surface area contributed by atoms with Gasteiger partial charge >= 0.3 is 0 Å². The average Bonchev–Trinajstić information content (AvgIpc) is 3.54. The minimum Gasteiger partial charge on any atom is -0.353 e. The molecule has 36 heavy (non-hydrogen) atoms. The predicted octanol–water partition coefficient (Wildman–Crippen LogP) is 3.81. The molecule has 0 aliphatic heterocycles. The van der Waals surface area contributed by atoms with Gasteiger partial charge in [0.2, 0.25) is 17.7 Å². The molecular weight excluding hydrogens is 474 g/mol. The van der Waals surface area contributed by atoms with Crippen LogP contribution in [-0.4, -0.2) is 41.3 Å². The van der Waals surface area contributed by atoms with Crippen LogP contribution in [0.2, 0.25) is 0 Å². The molecule has 8 nitrogen and oxygen atoms in total. The molecule has 1 saturated carbocycles. The van der Waals surface area contributed by atoms with Gasteiger partial charge < -0.3 is 16.0 Å². The molecular formula is C27H37N5O3S. The first-order chi connectivity index (χ1) is 17.2. The molecule has 0 radical (unpaired) electrons. The van der Waals surface area contributed by atoms with E-state index in [0.717, 1.165) is 40.9 Å². The number of carbonyl (C=O) groups is 3. The van der Waals surface area contributed by atoms with Gasteiger partial charge in [-0.1, -0.05) is 39.7 Å². The minimum atomic E-state index is -0.764. The first-order valence-corrected chi connectivity index (χ1v) is 13.7. The molecule has 1 fully saturated rings. The summed E-state index contributed by atoms with van der Waals surface area (Å²) >= 11 is 1.54. The Morgan fingerprint density at radius 3 is 2.50 bits per heavy atom. The third-order valence-corrected chi connectivity index (χ3v) is 7.90. The maximum absolute atomic E-state index is 13.4. The van der Waals surface area contributed by atoms with E-state index in [9.17, 15) is 14.4 Å². The molecule has 3 amide bonds. The van der Waals surface area contributed by atoms with Crippen LogP contribution < -0.4 is 16.0 Å². The van der Waals surface area contributed by atoms with Gasteiger partial charge in [-0.3, -0.25) is 14.4 Å². The second kappa shape index (κ2) is 12.8. The molecule has 0 spiro atoms. The number of hydrogen-bond donors (Lipinski definition) is 3. The van der Waals surface area contributed by atoms with Crippen molar-refractivity contribution in [2.75, 3.05) is 6.54 Å². The highest BCUT2D eigenvalue weighted by molar-refractivity contribution is 7.18. The first-order valence-electron chi connectivity index (χ1n) is 12.9. The van der Waals surface area contributed by atoms with Gasteiger partial charge in [-0.15, -0.1) is 11.3 Å². The van der Waals surface area contributed by atoms with Crippen LogP contribution in [0.1, 0.15) is 76.3 Å². The van der Waals surface area contributed by atoms with Gasteiger partial charge in [-0.2, -0.15) is 5.26 Å². The number of fused-ring (bicyclic) bond motifs is 1. The van der Waals surface area contributed by atoms with Crippen molar-refractivity contribution in [3.8, 4) is 6.07 Å². The fraction of sp³-hybridized carbons (Fsp3) is 0.593. The number of hydrogen-bond acceptors (Lipinski definition) is 6. The lowest BCUT2D eigenvalue weighted by molar-refractivity contribution is -0.129. The largest absolute Gasteiger partial charge is 0.353 e. The Hall–Kier alpha value is -2.99. The maximum atomic E-state index is 13.4. The van der Waals surface area contributed by atoms with Crippen LogP contribution in [0.3, 0.4) is 0 Å². The van der Waals surface area contributed by atoms with Crippen molar-refractivity contribution in [2.45, 2.75) is 84.2 Å². The fourth-order valence-corrected chi connectivity index (χ4v) is 5.58. The molecule has 1 aromatic carbocycles. The molecule has 2 aromatic rings. The summed E-state index contributed by atoms with van der Waals surface area (Å²) < 4.78 is 1.07. The van der Waals surface area contributed by atoms with E-state index in [1.165, 1.54) is 5.56 Å². The summed E-state index contributed by atoms with van der Waals surface area (Å²) in [5.74, 6) is -0.930. The van der Waals surface area contributed by atoms with Crippen LogP contribution in [0.15, 0.2) is 18.2 Å². The van der Waals surface area contributed by atoms with E-state index >= 15 is 0 Å². The third-order valence-electron chi connectivity index (χ3n) is 6.85. The van der Waals surface area contributed by atoms with Crippen molar-refractivity contribution in [1.82, 2.24) is 20.9 Å². The van der Waals surface area contributed by atoms with Gasteiger partial charge in [-0.25, -0.2) is 4.98 Å². The number of benzene rings is 1. The van der Waals surface area contributed by atoms with Crippen molar-refractivity contribution in [3.63, 3.8) is 0 Å². The van der Waals surface area contributed by atoms with E-state index in [2.05, 4.69) is 41.9 Å². The van der Waals surface area contributed by atoms with E-state index in [-0.39, 0.29) is 42.6 Å². The summed E-state index contributed by atoms with van der Waals surface area (Å²) in [6, 6.07) is 7.14. The summed E-state index contributed by atoms with van der Waals surface area (Å²) in [4.78, 5) is 42.6. The highest BCUT2D eigenvalue weighted by Crippen LogP contribution is 2.29. The highest BCUT2D eigenvalue weighted by Gasteiger charge is 2.30. The topological polar surface area (TPSA) is 124 Å². The van der Waals surface area contributed by atoms with Crippen LogP contribution in [0.4, 0.5) is 0 Å². The molecule has 0 bridgehead atoms. The number of aromatic nitrogens is 1. The van der Waals surface area contributed by atoms with E-state index in [1.807, 2.05) is 12.1 Å². The molecule has 1 aliphatic rings. The van der Waals surface area contributed by atoms with Gasteiger partial charge in [0.1, 0.15) is 12.0 Å². The van der Waals surface area contributed by atoms with Crippen molar-refractivity contribution < 1.29 is 14.4 Å². The Bertz CT molecular complexity index is 1120. The van der Waals surface area contributed by atoms with Crippen LogP contribution in [0.25, 0.3) is 10.2 Å². The lowest BCUT2D eigenvalue weighted by Gasteiger charge is -2.27. The van der Waals surface area contributed by atoms with E-state index < -0.39 is 12.0 Å². The van der Waals surface area contributed by atoms with Crippen LogP contribution in [0, 0.1) is 23.2 Å². The zero-order chi connectivity index (χ0) is 26.2. The quantitative estimate of drug-likeness (QED) is 0.423. The first kappa shape index (κ1) is 27.6. The summed E-state index contributed by atoms with van der Waals surface area (Å²) in [6.07, 6.45) is 4.67. The second-order valence-corrected chi connectivity index (χ2v) is 11.0. The zero-order valence-electron chi connectivity index (χ0n) is 21.6. The molecule has 3 N–H and O–H groups in total. The van der Waals surface area contributed by atoms with Gasteiger partial charge in [-0.05, 0) is 49.3 Å². The molecule has 1 aliphatic carbocycles. The monoisotopic (exact) mass is 511 g/mol. The molecule has 194 valence electrons. The fourth-order valence-electron chi connectivity index (χ4n) is 4.52. The Morgan fingerprint density at radius 1 is 1.14 bits per heavy atom. The van der Waals surface area contributed by atoms with E-state index in [1.54, 1.807) is 25.2 Å². The normalized spacial score (nSPS) is 16.3. The Labute approximate surface area is 217 Å². The second-order valence-electron chi connectivity index (χ2n) is 9.92. The predicted molar refractivity (Wildman–Crippen MR) is 141 cm³/mol. The van der Waals surface area contributed by atoms with Crippen LogP contribution >= 0.6 is 11.3 Å². The molecule has 1 heterocycles. The number of rotatable bonds is 11. The summed E-state index contributed by atoms with van der Waals surface area (Å²) in [5.41, 5.74) is 2.12. The third kappa shape index (κ3) is 7.26. The number of nitrogens with one attached hydrogen (secondary N) is 3. The number of amides is 3. The summed E-state index contributed by atoms with van der Waals surface area (Å²) in [7, 11) is 0. The van der Waals surface area contributed by atoms with Gasteiger partial charge in [0.15, 0.2) is 0 Å². The smallest absolute Gasteiger partial charge is 0.243 e. The van der Waals surface area contributed by atoms with Crippen molar-refractivity contribution in [3.05, 3.63) is 28.8 Å². The highest BCUT2D eigenvalue weighted by atomic mass is 32.1. The SMILES string of the molecule is CCC(=O)N[C@@H](Cc1nc2ccc(C(C)C)cc2s1)C(=O)N[C@H](CNC(=O)C(C)C#N)C1CCCC1. The Morgan fingerprint density at radius 2 is 1.86 bits per heavy atom. The maximum Gasteiger partial charge on any atom is 0.243 e. The Kier molecular flexibility index (Phi) is 9.82. The van der Waals surface area contributed by atoms with Crippen molar-refractivity contribution in [2.24, 2.45) is 11.8 Å². The van der Waals surface area contributed by atoms with Gasteiger partial charge in [0.05, 0.1) is 21.3 Å². The lowest BCUT2D eigenvalue weighted by atomic mass is 9.97. The summed E-state index contributed by atoms with van der Waals surface area (Å²) in [6.45, 7) is 7.86. The molecule has 1 unspecified atom stereocenters. The zero-order valence-corrected chi connectivity index (χ0v) is 22.4. The molecule has 9 heteroatoms. The van der Waals surface area contributed by atoms with Crippen molar-refractivity contribution >= 4 is 39.3 Å². The Balaban J connectivity index is 1.76. The molecule has 3 atom stereocenters. The van der Waals surface area contributed by atoms with E-state index in [0.29, 0.717) is 12.3 Å².